The lowest BCUT2D eigenvalue weighted by molar-refractivity contribution is 0.0914. The predicted molar refractivity (Wildman–Crippen MR) is 77.5 cm³/mol. The summed E-state index contributed by atoms with van der Waals surface area (Å²) in [5.74, 6) is 1.13. The molecule has 2 rings (SSSR count). The molecule has 0 atom stereocenters. The van der Waals surface area contributed by atoms with E-state index in [4.69, 9.17) is 9.47 Å². The SMILES string of the molecule is COc1ccc(C(=O)NC2CCN(C)CC2)c(OC)c1. The Kier molecular flexibility index (Phi) is 4.84. The van der Waals surface area contributed by atoms with Gasteiger partial charge in [0.15, 0.2) is 0 Å². The lowest BCUT2D eigenvalue weighted by atomic mass is 10.0. The van der Waals surface area contributed by atoms with Crippen LogP contribution in [0.25, 0.3) is 0 Å². The Morgan fingerprint density at radius 3 is 2.55 bits per heavy atom. The third kappa shape index (κ3) is 3.42. The van der Waals surface area contributed by atoms with Gasteiger partial charge in [-0.05, 0) is 45.1 Å². The van der Waals surface area contributed by atoms with Crippen molar-refractivity contribution < 1.29 is 14.3 Å². The molecule has 0 saturated carbocycles. The van der Waals surface area contributed by atoms with Gasteiger partial charge < -0.3 is 19.7 Å². The number of rotatable bonds is 4. The molecule has 0 unspecified atom stereocenters. The lowest BCUT2D eigenvalue weighted by Crippen LogP contribution is -2.43. The number of carbonyl (C=O) groups excluding carboxylic acids is 1. The van der Waals surface area contributed by atoms with Crippen molar-refractivity contribution in [3.05, 3.63) is 23.8 Å². The Morgan fingerprint density at radius 2 is 1.95 bits per heavy atom. The number of benzene rings is 1. The number of carbonyl (C=O) groups is 1. The Labute approximate surface area is 119 Å². The molecule has 5 nitrogen and oxygen atoms in total. The van der Waals surface area contributed by atoms with Crippen molar-refractivity contribution >= 4 is 5.91 Å². The number of hydrogen-bond acceptors (Lipinski definition) is 4. The van der Waals surface area contributed by atoms with Crippen LogP contribution in [0, 0.1) is 0 Å². The number of ether oxygens (including phenoxy) is 2. The van der Waals surface area contributed by atoms with E-state index >= 15 is 0 Å². The quantitative estimate of drug-likeness (QED) is 0.907. The van der Waals surface area contributed by atoms with Crippen LogP contribution >= 0.6 is 0 Å². The first-order valence-corrected chi connectivity index (χ1v) is 6.85. The van der Waals surface area contributed by atoms with E-state index in [1.165, 1.54) is 0 Å². The molecule has 1 aliphatic heterocycles. The minimum atomic E-state index is -0.0842. The molecule has 1 aliphatic rings. The molecule has 1 N–H and O–H groups in total. The molecular formula is C15H22N2O3. The molecule has 5 heteroatoms. The molecule has 0 aromatic heterocycles. The van der Waals surface area contributed by atoms with Crippen LogP contribution in [0.2, 0.25) is 0 Å². The summed E-state index contributed by atoms with van der Waals surface area (Å²) in [5.41, 5.74) is 0.548. The van der Waals surface area contributed by atoms with Crippen molar-refractivity contribution in [2.24, 2.45) is 0 Å². The van der Waals surface area contributed by atoms with Gasteiger partial charge in [-0.2, -0.15) is 0 Å². The highest BCUT2D eigenvalue weighted by molar-refractivity contribution is 5.97. The van der Waals surface area contributed by atoms with Crippen molar-refractivity contribution in [2.75, 3.05) is 34.4 Å². The maximum absolute atomic E-state index is 12.3. The van der Waals surface area contributed by atoms with Crippen molar-refractivity contribution in [1.82, 2.24) is 10.2 Å². The fraction of sp³-hybridized carbons (Fsp3) is 0.533. The highest BCUT2D eigenvalue weighted by atomic mass is 16.5. The largest absolute Gasteiger partial charge is 0.497 e. The number of piperidine rings is 1. The molecule has 110 valence electrons. The van der Waals surface area contributed by atoms with E-state index < -0.39 is 0 Å². The molecule has 1 aromatic rings. The first-order valence-electron chi connectivity index (χ1n) is 6.85. The zero-order chi connectivity index (χ0) is 14.5. The molecular weight excluding hydrogens is 256 g/mol. The molecule has 1 amide bonds. The van der Waals surface area contributed by atoms with Gasteiger partial charge in [0, 0.05) is 12.1 Å². The van der Waals surface area contributed by atoms with Gasteiger partial charge in [-0.25, -0.2) is 0 Å². The van der Waals surface area contributed by atoms with Crippen LogP contribution in [0.4, 0.5) is 0 Å². The maximum Gasteiger partial charge on any atom is 0.255 e. The number of nitrogens with zero attached hydrogens (tertiary/aromatic N) is 1. The third-order valence-corrected chi connectivity index (χ3v) is 3.71. The third-order valence-electron chi connectivity index (χ3n) is 3.71. The van der Waals surface area contributed by atoms with Crippen LogP contribution in [0.15, 0.2) is 18.2 Å². The Morgan fingerprint density at radius 1 is 1.25 bits per heavy atom. The second-order valence-corrected chi connectivity index (χ2v) is 5.12. The van der Waals surface area contributed by atoms with Gasteiger partial charge in [-0.1, -0.05) is 0 Å². The molecule has 0 bridgehead atoms. The van der Waals surface area contributed by atoms with Crippen molar-refractivity contribution in [2.45, 2.75) is 18.9 Å². The summed E-state index contributed by atoms with van der Waals surface area (Å²) in [5, 5.41) is 3.08. The summed E-state index contributed by atoms with van der Waals surface area (Å²) in [6.45, 7) is 2.04. The average Bonchev–Trinajstić information content (AvgIpc) is 2.48. The topological polar surface area (TPSA) is 50.8 Å². The number of nitrogens with one attached hydrogen (secondary N) is 1. The number of amides is 1. The normalized spacial score (nSPS) is 16.8. The Balaban J connectivity index is 2.05. The minimum Gasteiger partial charge on any atom is -0.497 e. The molecule has 1 heterocycles. The van der Waals surface area contributed by atoms with Crippen LogP contribution in [0.3, 0.4) is 0 Å². The fourth-order valence-corrected chi connectivity index (χ4v) is 2.40. The van der Waals surface area contributed by atoms with E-state index in [1.807, 2.05) is 0 Å². The zero-order valence-electron chi connectivity index (χ0n) is 12.3. The highest BCUT2D eigenvalue weighted by Crippen LogP contribution is 2.24. The van der Waals surface area contributed by atoms with Crippen molar-refractivity contribution in [1.29, 1.82) is 0 Å². The second-order valence-electron chi connectivity index (χ2n) is 5.12. The second kappa shape index (κ2) is 6.61. The summed E-state index contributed by atoms with van der Waals surface area (Å²) in [4.78, 5) is 14.6. The first kappa shape index (κ1) is 14.7. The van der Waals surface area contributed by atoms with Crippen molar-refractivity contribution in [3.63, 3.8) is 0 Å². The summed E-state index contributed by atoms with van der Waals surface area (Å²) >= 11 is 0. The summed E-state index contributed by atoms with van der Waals surface area (Å²) in [6, 6.07) is 5.47. The van der Waals surface area contributed by atoms with E-state index in [0.29, 0.717) is 17.1 Å². The average molecular weight is 278 g/mol. The van der Waals surface area contributed by atoms with Gasteiger partial charge in [-0.3, -0.25) is 4.79 Å². The Bertz CT molecular complexity index is 468. The van der Waals surface area contributed by atoms with E-state index in [1.54, 1.807) is 32.4 Å². The molecule has 0 aliphatic carbocycles. The van der Waals surface area contributed by atoms with Gasteiger partial charge in [-0.15, -0.1) is 0 Å². The van der Waals surface area contributed by atoms with Gasteiger partial charge in [0.05, 0.1) is 19.8 Å². The van der Waals surface area contributed by atoms with Gasteiger partial charge >= 0.3 is 0 Å². The zero-order valence-corrected chi connectivity index (χ0v) is 12.3. The minimum absolute atomic E-state index is 0.0842. The van der Waals surface area contributed by atoms with Crippen molar-refractivity contribution in [3.8, 4) is 11.5 Å². The highest BCUT2D eigenvalue weighted by Gasteiger charge is 2.21. The van der Waals surface area contributed by atoms with Crippen LogP contribution in [0.5, 0.6) is 11.5 Å². The molecule has 0 radical (unpaired) electrons. The monoisotopic (exact) mass is 278 g/mol. The maximum atomic E-state index is 12.3. The summed E-state index contributed by atoms with van der Waals surface area (Å²) < 4.78 is 10.4. The summed E-state index contributed by atoms with van der Waals surface area (Å²) in [6.07, 6.45) is 1.97. The smallest absolute Gasteiger partial charge is 0.255 e. The number of methoxy groups -OCH3 is 2. The molecule has 20 heavy (non-hydrogen) atoms. The lowest BCUT2D eigenvalue weighted by Gasteiger charge is -2.29. The van der Waals surface area contributed by atoms with E-state index in [-0.39, 0.29) is 11.9 Å². The standard InChI is InChI=1S/C15H22N2O3/c1-17-8-6-11(7-9-17)16-15(18)13-5-4-12(19-2)10-14(13)20-3/h4-5,10-11H,6-9H2,1-3H3,(H,16,18). The van der Waals surface area contributed by atoms with Gasteiger partial charge in [0.2, 0.25) is 0 Å². The predicted octanol–water partition coefficient (Wildman–Crippen LogP) is 1.53. The molecule has 1 fully saturated rings. The summed E-state index contributed by atoms with van der Waals surface area (Å²) in [7, 11) is 5.25. The van der Waals surface area contributed by atoms with E-state index in [9.17, 15) is 4.79 Å². The van der Waals surface area contributed by atoms with E-state index in [0.717, 1.165) is 25.9 Å². The molecule has 1 saturated heterocycles. The fourth-order valence-electron chi connectivity index (χ4n) is 2.40. The van der Waals surface area contributed by atoms with Crippen LogP contribution < -0.4 is 14.8 Å². The molecule has 1 aromatic carbocycles. The first-order chi connectivity index (χ1) is 9.63. The van der Waals surface area contributed by atoms with Crippen LogP contribution in [-0.4, -0.2) is 51.2 Å². The van der Waals surface area contributed by atoms with Crippen LogP contribution in [-0.2, 0) is 0 Å². The van der Waals surface area contributed by atoms with Gasteiger partial charge in [0.1, 0.15) is 11.5 Å². The number of likely N-dealkylation sites (tertiary alicyclic amines) is 1. The van der Waals surface area contributed by atoms with Crippen LogP contribution in [0.1, 0.15) is 23.2 Å². The number of hydrogen-bond donors (Lipinski definition) is 1. The Hall–Kier alpha value is -1.75. The molecule has 0 spiro atoms. The van der Waals surface area contributed by atoms with E-state index in [2.05, 4.69) is 17.3 Å². The van der Waals surface area contributed by atoms with Gasteiger partial charge in [0.25, 0.3) is 5.91 Å².